The van der Waals surface area contributed by atoms with Gasteiger partial charge in [-0.1, -0.05) is 30.3 Å². The van der Waals surface area contributed by atoms with E-state index in [-0.39, 0.29) is 24.2 Å². The highest BCUT2D eigenvalue weighted by Gasteiger charge is 2.42. The molecule has 2 aromatic rings. The van der Waals surface area contributed by atoms with E-state index < -0.39 is 18.2 Å². The molecule has 1 unspecified atom stereocenters. The van der Waals surface area contributed by atoms with Crippen molar-refractivity contribution >= 4 is 6.03 Å². The van der Waals surface area contributed by atoms with Gasteiger partial charge in [0.1, 0.15) is 0 Å². The van der Waals surface area contributed by atoms with Gasteiger partial charge in [0, 0.05) is 38.2 Å². The number of aromatic nitrogens is 2. The predicted molar refractivity (Wildman–Crippen MR) is 87.4 cm³/mol. The van der Waals surface area contributed by atoms with Crippen LogP contribution in [-0.2, 0) is 20.0 Å². The number of carbonyl (C=O) groups is 1. The van der Waals surface area contributed by atoms with Crippen LogP contribution in [0.5, 0.6) is 0 Å². The van der Waals surface area contributed by atoms with Gasteiger partial charge in [0.05, 0.1) is 5.69 Å². The SMILES string of the molecule is Cn1nc2c(cc1=O)CN(C(=O)NC(c1ccccc1)C(F)(F)F)CC2. The molecule has 2 heterocycles. The molecule has 2 amide bonds. The first-order valence-corrected chi connectivity index (χ1v) is 7.99. The fraction of sp³-hybridized carbons (Fsp3) is 0.353. The Morgan fingerprint density at radius 3 is 2.62 bits per heavy atom. The molecule has 0 saturated carbocycles. The summed E-state index contributed by atoms with van der Waals surface area (Å²) in [4.78, 5) is 25.4. The molecule has 1 N–H and O–H groups in total. The predicted octanol–water partition coefficient (Wildman–Crippen LogP) is 2.15. The van der Waals surface area contributed by atoms with Crippen LogP contribution in [-0.4, -0.2) is 33.4 Å². The summed E-state index contributed by atoms with van der Waals surface area (Å²) in [6.45, 7) is 0.271. The van der Waals surface area contributed by atoms with Crippen molar-refractivity contribution in [1.29, 1.82) is 0 Å². The number of nitrogens with one attached hydrogen (secondary N) is 1. The van der Waals surface area contributed by atoms with Gasteiger partial charge in [-0.15, -0.1) is 0 Å². The third-order valence-corrected chi connectivity index (χ3v) is 4.25. The van der Waals surface area contributed by atoms with Crippen LogP contribution < -0.4 is 10.9 Å². The summed E-state index contributed by atoms with van der Waals surface area (Å²) >= 11 is 0. The maximum atomic E-state index is 13.4. The molecule has 0 bridgehead atoms. The fourth-order valence-electron chi connectivity index (χ4n) is 2.88. The molecular weight excluding hydrogens is 349 g/mol. The van der Waals surface area contributed by atoms with E-state index in [9.17, 15) is 22.8 Å². The standard InChI is InChI=1S/C17H17F3N4O2/c1-23-14(25)9-12-10-24(8-7-13(12)22-23)16(26)21-15(17(18,19)20)11-5-3-2-4-6-11/h2-6,9,15H,7-8,10H2,1H3,(H,21,26). The number of urea groups is 1. The molecule has 1 aliphatic heterocycles. The summed E-state index contributed by atoms with van der Waals surface area (Å²) in [5.41, 5.74) is 0.856. The van der Waals surface area contributed by atoms with E-state index in [0.717, 1.165) is 0 Å². The van der Waals surface area contributed by atoms with Gasteiger partial charge >= 0.3 is 12.2 Å². The number of aryl methyl sites for hydroxylation is 1. The average Bonchev–Trinajstić information content (AvgIpc) is 2.60. The zero-order valence-electron chi connectivity index (χ0n) is 14.0. The lowest BCUT2D eigenvalue weighted by molar-refractivity contribution is -0.155. The third kappa shape index (κ3) is 3.71. The molecule has 6 nitrogen and oxygen atoms in total. The van der Waals surface area contributed by atoms with Crippen molar-refractivity contribution in [2.24, 2.45) is 7.05 Å². The molecule has 1 atom stereocenters. The topological polar surface area (TPSA) is 67.2 Å². The Hall–Kier alpha value is -2.84. The van der Waals surface area contributed by atoms with Crippen molar-refractivity contribution in [3.8, 4) is 0 Å². The number of hydrogen-bond acceptors (Lipinski definition) is 3. The molecule has 0 aliphatic carbocycles. The molecule has 1 aromatic heterocycles. The Balaban J connectivity index is 1.78. The molecule has 1 aliphatic rings. The maximum Gasteiger partial charge on any atom is 0.412 e. The summed E-state index contributed by atoms with van der Waals surface area (Å²) < 4.78 is 41.3. The molecule has 1 aromatic carbocycles. The molecule has 0 saturated heterocycles. The van der Waals surface area contributed by atoms with Crippen molar-refractivity contribution < 1.29 is 18.0 Å². The van der Waals surface area contributed by atoms with Gasteiger partial charge in [-0.2, -0.15) is 18.3 Å². The van der Waals surface area contributed by atoms with Crippen LogP contribution in [0, 0.1) is 0 Å². The van der Waals surface area contributed by atoms with Crippen LogP contribution in [0.4, 0.5) is 18.0 Å². The smallest absolute Gasteiger partial charge is 0.322 e. The molecular formula is C17H17F3N4O2. The van der Waals surface area contributed by atoms with Gasteiger partial charge in [0.2, 0.25) is 0 Å². The van der Waals surface area contributed by atoms with Crippen molar-refractivity contribution in [3.63, 3.8) is 0 Å². The maximum absolute atomic E-state index is 13.4. The summed E-state index contributed by atoms with van der Waals surface area (Å²) in [7, 11) is 1.52. The number of amides is 2. The number of hydrogen-bond donors (Lipinski definition) is 1. The highest BCUT2D eigenvalue weighted by atomic mass is 19.4. The minimum absolute atomic E-state index is 0.0405. The molecule has 138 valence electrons. The Morgan fingerprint density at radius 1 is 1.27 bits per heavy atom. The van der Waals surface area contributed by atoms with Crippen molar-refractivity contribution in [1.82, 2.24) is 20.0 Å². The minimum atomic E-state index is -4.62. The van der Waals surface area contributed by atoms with Gasteiger partial charge in [-0.3, -0.25) is 4.79 Å². The normalized spacial score (nSPS) is 15.3. The van der Waals surface area contributed by atoms with Gasteiger partial charge < -0.3 is 10.2 Å². The number of fused-ring (bicyclic) bond motifs is 1. The van der Waals surface area contributed by atoms with Gasteiger partial charge in [-0.25, -0.2) is 9.48 Å². The highest BCUT2D eigenvalue weighted by Crippen LogP contribution is 2.32. The Morgan fingerprint density at radius 2 is 1.96 bits per heavy atom. The second-order valence-electron chi connectivity index (χ2n) is 6.08. The molecule has 0 spiro atoms. The average molecular weight is 366 g/mol. The molecule has 0 radical (unpaired) electrons. The van der Waals surface area contributed by atoms with Crippen LogP contribution in [0.3, 0.4) is 0 Å². The van der Waals surface area contributed by atoms with Gasteiger partial charge in [0.15, 0.2) is 6.04 Å². The van der Waals surface area contributed by atoms with E-state index in [1.54, 1.807) is 6.07 Å². The van der Waals surface area contributed by atoms with Crippen molar-refractivity contribution in [2.45, 2.75) is 25.2 Å². The molecule has 0 fully saturated rings. The third-order valence-electron chi connectivity index (χ3n) is 4.25. The summed E-state index contributed by atoms with van der Waals surface area (Å²) in [5.74, 6) is 0. The quantitative estimate of drug-likeness (QED) is 0.886. The Kier molecular flexibility index (Phi) is 4.71. The highest BCUT2D eigenvalue weighted by molar-refractivity contribution is 5.75. The Labute approximate surface area is 147 Å². The first kappa shape index (κ1) is 18.0. The van der Waals surface area contributed by atoms with Crippen LogP contribution in [0.1, 0.15) is 22.9 Å². The van der Waals surface area contributed by atoms with Crippen molar-refractivity contribution in [3.05, 3.63) is 63.6 Å². The molecule has 26 heavy (non-hydrogen) atoms. The first-order chi connectivity index (χ1) is 12.3. The zero-order chi connectivity index (χ0) is 18.9. The second kappa shape index (κ2) is 6.81. The summed E-state index contributed by atoms with van der Waals surface area (Å²) in [6.07, 6.45) is -4.25. The number of alkyl halides is 3. The number of carbonyl (C=O) groups excluding carboxylic acids is 1. The lowest BCUT2D eigenvalue weighted by Gasteiger charge is -2.31. The van der Waals surface area contributed by atoms with E-state index in [1.165, 1.54) is 47.0 Å². The van der Waals surface area contributed by atoms with Crippen LogP contribution in [0.25, 0.3) is 0 Å². The fourth-order valence-corrected chi connectivity index (χ4v) is 2.88. The number of nitrogens with zero attached hydrogens (tertiary/aromatic N) is 3. The largest absolute Gasteiger partial charge is 0.412 e. The van der Waals surface area contributed by atoms with E-state index in [2.05, 4.69) is 10.4 Å². The monoisotopic (exact) mass is 366 g/mol. The molecule has 9 heteroatoms. The second-order valence-corrected chi connectivity index (χ2v) is 6.08. The van der Waals surface area contributed by atoms with Crippen LogP contribution >= 0.6 is 0 Å². The van der Waals surface area contributed by atoms with Crippen LogP contribution in [0.15, 0.2) is 41.2 Å². The van der Waals surface area contributed by atoms with E-state index in [1.807, 2.05) is 0 Å². The Bertz CT molecular complexity index is 865. The van der Waals surface area contributed by atoms with Crippen LogP contribution in [0.2, 0.25) is 0 Å². The number of rotatable bonds is 2. The number of benzene rings is 1. The number of halogens is 3. The van der Waals surface area contributed by atoms with Gasteiger partial charge in [0.25, 0.3) is 5.56 Å². The van der Waals surface area contributed by atoms with Crippen molar-refractivity contribution in [2.75, 3.05) is 6.54 Å². The lowest BCUT2D eigenvalue weighted by atomic mass is 10.1. The first-order valence-electron chi connectivity index (χ1n) is 7.99. The summed E-state index contributed by atoms with van der Waals surface area (Å²) in [5, 5.41) is 6.18. The van der Waals surface area contributed by atoms with E-state index >= 15 is 0 Å². The lowest BCUT2D eigenvalue weighted by Crippen LogP contribution is -2.47. The van der Waals surface area contributed by atoms with Gasteiger partial charge in [-0.05, 0) is 5.56 Å². The minimum Gasteiger partial charge on any atom is -0.322 e. The summed E-state index contributed by atoms with van der Waals surface area (Å²) in [6, 6.07) is 5.64. The van der Waals surface area contributed by atoms with E-state index in [4.69, 9.17) is 0 Å². The van der Waals surface area contributed by atoms with E-state index in [0.29, 0.717) is 17.7 Å². The molecule has 3 rings (SSSR count). The zero-order valence-corrected chi connectivity index (χ0v) is 14.0.